The summed E-state index contributed by atoms with van der Waals surface area (Å²) in [7, 11) is 0. The lowest BCUT2D eigenvalue weighted by molar-refractivity contribution is -0.128. The summed E-state index contributed by atoms with van der Waals surface area (Å²) in [4.78, 5) is 20.0. The zero-order chi connectivity index (χ0) is 25.0. The van der Waals surface area contributed by atoms with Crippen LogP contribution in [0.25, 0.3) is 5.70 Å². The van der Waals surface area contributed by atoms with Gasteiger partial charge in [0.2, 0.25) is 0 Å². The van der Waals surface area contributed by atoms with Gasteiger partial charge in [-0.1, -0.05) is 43.7 Å². The predicted molar refractivity (Wildman–Crippen MR) is 128 cm³/mol. The van der Waals surface area contributed by atoms with Gasteiger partial charge in [-0.05, 0) is 32.6 Å². The molecule has 0 aromatic carbocycles. The van der Waals surface area contributed by atoms with E-state index in [0.29, 0.717) is 37.0 Å². The smallest absolute Gasteiger partial charge is 0.335 e. The summed E-state index contributed by atoms with van der Waals surface area (Å²) in [6.45, 7) is 8.22. The van der Waals surface area contributed by atoms with E-state index in [0.717, 1.165) is 18.9 Å². The van der Waals surface area contributed by atoms with Crippen LogP contribution >= 0.6 is 0 Å². The molecule has 1 aliphatic carbocycles. The number of hydrogen-bond donors (Lipinski definition) is 1. The van der Waals surface area contributed by atoms with Crippen molar-refractivity contribution in [3.8, 4) is 0 Å². The number of carbonyl (C=O) groups excluding carboxylic acids is 1. The number of allylic oxidation sites excluding steroid dienone is 6. The van der Waals surface area contributed by atoms with Crippen LogP contribution in [-0.4, -0.2) is 64.4 Å². The van der Waals surface area contributed by atoms with Gasteiger partial charge in [0.1, 0.15) is 0 Å². The van der Waals surface area contributed by atoms with Crippen molar-refractivity contribution in [3.63, 3.8) is 0 Å². The number of nitrogens with zero attached hydrogens (tertiary/aromatic N) is 5. The lowest BCUT2D eigenvalue weighted by Crippen LogP contribution is -2.45. The quantitative estimate of drug-likeness (QED) is 0.277. The lowest BCUT2D eigenvalue weighted by atomic mass is 10.1. The molecule has 0 fully saturated rings. The lowest BCUT2D eigenvalue weighted by Gasteiger charge is -2.31. The maximum absolute atomic E-state index is 13.6. The van der Waals surface area contributed by atoms with Gasteiger partial charge in [0.25, 0.3) is 5.91 Å². The first-order chi connectivity index (χ1) is 16.3. The number of aliphatic imine (C=N–C) groups is 1. The van der Waals surface area contributed by atoms with E-state index in [-0.39, 0.29) is 18.5 Å². The van der Waals surface area contributed by atoms with Gasteiger partial charge in [0, 0.05) is 31.9 Å². The fourth-order valence-electron chi connectivity index (χ4n) is 3.32. The van der Waals surface area contributed by atoms with Crippen LogP contribution in [0.3, 0.4) is 0 Å². The fourth-order valence-corrected chi connectivity index (χ4v) is 3.32. The van der Waals surface area contributed by atoms with Gasteiger partial charge in [0.15, 0.2) is 0 Å². The first-order valence-corrected chi connectivity index (χ1v) is 11.1. The summed E-state index contributed by atoms with van der Waals surface area (Å²) in [5.41, 5.74) is 0.231. The number of unbranched alkanes of at least 4 members (excludes halogenated alkanes) is 1. The Labute approximate surface area is 198 Å². The van der Waals surface area contributed by atoms with Crippen LogP contribution in [0.1, 0.15) is 33.1 Å². The van der Waals surface area contributed by atoms with E-state index in [4.69, 9.17) is 0 Å². The van der Waals surface area contributed by atoms with Crippen LogP contribution in [0.4, 0.5) is 13.2 Å². The molecule has 1 aromatic heterocycles. The molecule has 1 N–H and O–H groups in total. The monoisotopic (exact) mass is 476 g/mol. The molecule has 1 atom stereocenters. The first kappa shape index (κ1) is 27.0. The molecule has 34 heavy (non-hydrogen) atoms. The molecular formula is C24H31F3N6O. The Morgan fingerprint density at radius 1 is 1.38 bits per heavy atom. The molecule has 184 valence electrons. The van der Waals surface area contributed by atoms with Crippen LogP contribution in [-0.2, 0) is 4.79 Å². The molecule has 0 spiro atoms. The Morgan fingerprint density at radius 2 is 2.12 bits per heavy atom. The Balaban J connectivity index is 2.08. The summed E-state index contributed by atoms with van der Waals surface area (Å²) in [6, 6.07) is -0.191. The zero-order valence-electron chi connectivity index (χ0n) is 19.5. The van der Waals surface area contributed by atoms with Gasteiger partial charge >= 0.3 is 6.18 Å². The molecule has 0 aliphatic heterocycles. The highest BCUT2D eigenvalue weighted by Crippen LogP contribution is 2.26. The molecule has 2 rings (SSSR count). The number of halogens is 3. The Morgan fingerprint density at radius 3 is 2.76 bits per heavy atom. The minimum absolute atomic E-state index is 0.134. The van der Waals surface area contributed by atoms with Crippen molar-refractivity contribution in [1.29, 1.82) is 0 Å². The Kier molecular flexibility index (Phi) is 10.7. The van der Waals surface area contributed by atoms with Crippen LogP contribution in [0.15, 0.2) is 71.2 Å². The average Bonchev–Trinajstić information content (AvgIpc) is 3.21. The van der Waals surface area contributed by atoms with Crippen molar-refractivity contribution in [1.82, 2.24) is 25.2 Å². The molecule has 10 heteroatoms. The molecule has 1 aliphatic rings. The third-order valence-corrected chi connectivity index (χ3v) is 5.09. The SMILES string of the molecule is C=N/C=C(\C=C/CNC[C@@H](C)N(CCCC)C(=O)C1=CCC=CC=C1n1nccn1)C(F)(F)F. The van der Waals surface area contributed by atoms with Gasteiger partial charge < -0.3 is 10.2 Å². The van der Waals surface area contributed by atoms with Gasteiger partial charge in [-0.25, -0.2) is 0 Å². The van der Waals surface area contributed by atoms with Crippen molar-refractivity contribution in [2.45, 2.75) is 45.3 Å². The van der Waals surface area contributed by atoms with Crippen molar-refractivity contribution >= 4 is 18.3 Å². The number of aromatic nitrogens is 3. The van der Waals surface area contributed by atoms with Gasteiger partial charge in [0.05, 0.1) is 29.2 Å². The highest BCUT2D eigenvalue weighted by molar-refractivity contribution is 6.05. The molecular weight excluding hydrogens is 445 g/mol. The predicted octanol–water partition coefficient (Wildman–Crippen LogP) is 4.32. The summed E-state index contributed by atoms with van der Waals surface area (Å²) in [5, 5.41) is 11.4. The molecule has 1 aromatic rings. The van der Waals surface area contributed by atoms with Crippen molar-refractivity contribution < 1.29 is 18.0 Å². The number of carbonyl (C=O) groups is 1. The number of hydrogen-bond acceptors (Lipinski definition) is 5. The maximum atomic E-state index is 13.6. The maximum Gasteiger partial charge on any atom is 0.417 e. The molecule has 1 amide bonds. The zero-order valence-corrected chi connectivity index (χ0v) is 19.5. The average molecular weight is 477 g/mol. The van der Waals surface area contributed by atoms with E-state index in [9.17, 15) is 18.0 Å². The van der Waals surface area contributed by atoms with Crippen molar-refractivity contribution in [3.05, 3.63) is 66.2 Å². The molecule has 0 unspecified atom stereocenters. The summed E-state index contributed by atoms with van der Waals surface area (Å²) in [5.74, 6) is -0.134. The second kappa shape index (κ2) is 13.4. The summed E-state index contributed by atoms with van der Waals surface area (Å²) in [6.07, 6.45) is 11.5. The number of alkyl halides is 3. The van der Waals surface area contributed by atoms with Gasteiger partial charge in [-0.2, -0.15) is 28.2 Å². The highest BCUT2D eigenvalue weighted by atomic mass is 19.4. The number of nitrogens with one attached hydrogen (secondary N) is 1. The van der Waals surface area contributed by atoms with Crippen LogP contribution < -0.4 is 5.32 Å². The molecule has 0 saturated carbocycles. The Hall–Kier alpha value is -3.27. The molecule has 7 nitrogen and oxygen atoms in total. The highest BCUT2D eigenvalue weighted by Gasteiger charge is 2.31. The molecule has 0 bridgehead atoms. The minimum atomic E-state index is -4.50. The third kappa shape index (κ3) is 7.95. The van der Waals surface area contributed by atoms with E-state index >= 15 is 0 Å². The largest absolute Gasteiger partial charge is 0.417 e. The molecule has 0 radical (unpaired) electrons. The van der Waals surface area contributed by atoms with Gasteiger partial charge in [-0.15, -0.1) is 0 Å². The second-order valence-electron chi connectivity index (χ2n) is 7.68. The summed E-state index contributed by atoms with van der Waals surface area (Å²) < 4.78 is 38.7. The van der Waals surface area contributed by atoms with E-state index in [2.05, 4.69) is 27.2 Å². The first-order valence-electron chi connectivity index (χ1n) is 11.1. The van der Waals surface area contributed by atoms with Crippen molar-refractivity contribution in [2.24, 2.45) is 4.99 Å². The van der Waals surface area contributed by atoms with E-state index in [1.165, 1.54) is 10.9 Å². The van der Waals surface area contributed by atoms with E-state index in [1.807, 2.05) is 38.2 Å². The topological polar surface area (TPSA) is 75.4 Å². The minimum Gasteiger partial charge on any atom is -0.335 e. The fraction of sp³-hybridized carbons (Fsp3) is 0.417. The number of rotatable bonds is 12. The van der Waals surface area contributed by atoms with E-state index < -0.39 is 11.7 Å². The normalized spacial score (nSPS) is 15.6. The van der Waals surface area contributed by atoms with Crippen molar-refractivity contribution in [2.75, 3.05) is 19.6 Å². The second-order valence-corrected chi connectivity index (χ2v) is 7.68. The third-order valence-electron chi connectivity index (χ3n) is 5.09. The van der Waals surface area contributed by atoms with Gasteiger partial charge in [-0.3, -0.25) is 9.79 Å². The van der Waals surface area contributed by atoms with E-state index in [1.54, 1.807) is 17.3 Å². The van der Waals surface area contributed by atoms with Crippen LogP contribution in [0.5, 0.6) is 0 Å². The standard InChI is InChI=1S/C24H31F3N6O/c1-4-5-16-32(19(2)17-29-13-9-10-20(18-28-3)24(25,26)27)23(34)21-11-7-6-8-12-22(21)33-30-14-15-31-33/h6,8-12,14-15,18-19,29H,3-5,7,13,16-17H2,1-2H3/b10-9-,20-18+/t19-/m1/s1. The number of amides is 1. The van der Waals surface area contributed by atoms with Crippen LogP contribution in [0.2, 0.25) is 0 Å². The molecule has 0 saturated heterocycles. The van der Waals surface area contributed by atoms with Crippen LogP contribution in [0, 0.1) is 0 Å². The molecule has 1 heterocycles. The Bertz CT molecular complexity index is 958. The summed E-state index contributed by atoms with van der Waals surface area (Å²) >= 11 is 0.